The van der Waals surface area contributed by atoms with Gasteiger partial charge in [0.05, 0.1) is 18.8 Å². The molecule has 0 amide bonds. The van der Waals surface area contributed by atoms with Gasteiger partial charge < -0.3 is 20.2 Å². The standard InChI is InChI=1S/C14H16N2O3/c17-8-9-5-15-14(11-4-2-1-3-10(9)11)16-6-12(18)13(19)7-16/h1-5,12-13,17-19H,6-8H2. The van der Waals surface area contributed by atoms with Crippen LogP contribution in [0.25, 0.3) is 10.8 Å². The Balaban J connectivity index is 2.10. The number of aromatic nitrogens is 1. The van der Waals surface area contributed by atoms with E-state index >= 15 is 0 Å². The minimum Gasteiger partial charge on any atom is -0.392 e. The van der Waals surface area contributed by atoms with E-state index in [2.05, 4.69) is 4.98 Å². The van der Waals surface area contributed by atoms with Gasteiger partial charge in [-0.05, 0) is 5.39 Å². The van der Waals surface area contributed by atoms with Gasteiger partial charge >= 0.3 is 0 Å². The van der Waals surface area contributed by atoms with Crippen molar-refractivity contribution in [3.8, 4) is 0 Å². The van der Waals surface area contributed by atoms with Crippen molar-refractivity contribution in [2.75, 3.05) is 18.0 Å². The molecule has 1 fully saturated rings. The lowest BCUT2D eigenvalue weighted by Gasteiger charge is -2.19. The highest BCUT2D eigenvalue weighted by atomic mass is 16.3. The maximum atomic E-state index is 9.64. The van der Waals surface area contributed by atoms with Crippen molar-refractivity contribution in [1.29, 1.82) is 0 Å². The van der Waals surface area contributed by atoms with Crippen molar-refractivity contribution in [3.63, 3.8) is 0 Å². The van der Waals surface area contributed by atoms with E-state index in [1.165, 1.54) is 0 Å². The van der Waals surface area contributed by atoms with Gasteiger partial charge in [-0.1, -0.05) is 24.3 Å². The van der Waals surface area contributed by atoms with Gasteiger partial charge in [-0.25, -0.2) is 4.98 Å². The Hall–Kier alpha value is -1.69. The average molecular weight is 260 g/mol. The number of hydrogen-bond acceptors (Lipinski definition) is 5. The first-order valence-electron chi connectivity index (χ1n) is 6.29. The summed E-state index contributed by atoms with van der Waals surface area (Å²) in [5.41, 5.74) is 0.777. The van der Waals surface area contributed by atoms with Crippen LogP contribution in [-0.2, 0) is 6.61 Å². The summed E-state index contributed by atoms with van der Waals surface area (Å²) >= 11 is 0. The van der Waals surface area contributed by atoms with Gasteiger partial charge in [-0.3, -0.25) is 0 Å². The highest BCUT2D eigenvalue weighted by molar-refractivity contribution is 5.94. The molecular weight excluding hydrogens is 244 g/mol. The van der Waals surface area contributed by atoms with Gasteiger partial charge in [-0.2, -0.15) is 0 Å². The summed E-state index contributed by atoms with van der Waals surface area (Å²) in [6.45, 7) is 0.687. The van der Waals surface area contributed by atoms with Crippen LogP contribution < -0.4 is 4.90 Å². The van der Waals surface area contributed by atoms with E-state index in [0.717, 1.165) is 22.2 Å². The first kappa shape index (κ1) is 12.3. The predicted octanol–water partition coefficient (Wildman–Crippen LogP) is 0.269. The van der Waals surface area contributed by atoms with Gasteiger partial charge in [0.1, 0.15) is 5.82 Å². The van der Waals surface area contributed by atoms with E-state index in [0.29, 0.717) is 13.1 Å². The molecule has 19 heavy (non-hydrogen) atoms. The molecule has 2 unspecified atom stereocenters. The number of benzene rings is 1. The molecule has 0 spiro atoms. The second-order valence-corrected chi connectivity index (χ2v) is 4.85. The van der Waals surface area contributed by atoms with Crippen molar-refractivity contribution in [2.45, 2.75) is 18.8 Å². The summed E-state index contributed by atoms with van der Waals surface area (Å²) in [6, 6.07) is 7.71. The Morgan fingerprint density at radius 3 is 2.37 bits per heavy atom. The fraction of sp³-hybridized carbons (Fsp3) is 0.357. The van der Waals surface area contributed by atoms with Crippen LogP contribution in [0.4, 0.5) is 5.82 Å². The molecule has 1 aliphatic rings. The SMILES string of the molecule is OCc1cnc(N2CC(O)C(O)C2)c2ccccc12. The summed E-state index contributed by atoms with van der Waals surface area (Å²) in [7, 11) is 0. The number of nitrogens with zero attached hydrogens (tertiary/aromatic N) is 2. The third-order valence-electron chi connectivity index (χ3n) is 3.59. The number of aliphatic hydroxyl groups excluding tert-OH is 3. The Morgan fingerprint density at radius 1 is 1.11 bits per heavy atom. The molecule has 1 aromatic carbocycles. The zero-order valence-electron chi connectivity index (χ0n) is 10.4. The first-order chi connectivity index (χ1) is 9.20. The third kappa shape index (κ3) is 2.06. The van der Waals surface area contributed by atoms with E-state index < -0.39 is 12.2 Å². The van der Waals surface area contributed by atoms with Gasteiger partial charge in [0.15, 0.2) is 0 Å². The highest BCUT2D eigenvalue weighted by Gasteiger charge is 2.31. The van der Waals surface area contributed by atoms with E-state index in [-0.39, 0.29) is 6.61 Å². The van der Waals surface area contributed by atoms with Gasteiger partial charge in [0.25, 0.3) is 0 Å². The summed E-state index contributed by atoms with van der Waals surface area (Å²) < 4.78 is 0. The van der Waals surface area contributed by atoms with E-state index in [1.54, 1.807) is 6.20 Å². The Kier molecular flexibility index (Phi) is 3.10. The number of rotatable bonds is 2. The summed E-state index contributed by atoms with van der Waals surface area (Å²) in [5.74, 6) is 0.739. The zero-order chi connectivity index (χ0) is 13.4. The Bertz CT molecular complexity index is 592. The smallest absolute Gasteiger partial charge is 0.136 e. The first-order valence-corrected chi connectivity index (χ1v) is 6.29. The molecule has 5 nitrogen and oxygen atoms in total. The zero-order valence-corrected chi connectivity index (χ0v) is 10.4. The monoisotopic (exact) mass is 260 g/mol. The van der Waals surface area contributed by atoms with Crippen LogP contribution in [0.2, 0.25) is 0 Å². The molecule has 0 bridgehead atoms. The molecule has 1 saturated heterocycles. The van der Waals surface area contributed by atoms with Crippen LogP contribution in [0.1, 0.15) is 5.56 Å². The van der Waals surface area contributed by atoms with E-state index in [4.69, 9.17) is 0 Å². The second-order valence-electron chi connectivity index (χ2n) is 4.85. The number of aliphatic hydroxyl groups is 3. The molecule has 1 aliphatic heterocycles. The molecule has 0 radical (unpaired) electrons. The Labute approximate surface area is 110 Å². The van der Waals surface area contributed by atoms with Crippen molar-refractivity contribution in [2.24, 2.45) is 0 Å². The topological polar surface area (TPSA) is 76.8 Å². The van der Waals surface area contributed by atoms with Crippen molar-refractivity contribution >= 4 is 16.6 Å². The average Bonchev–Trinajstić information content (AvgIpc) is 2.77. The van der Waals surface area contributed by atoms with E-state index in [1.807, 2.05) is 29.2 Å². The van der Waals surface area contributed by atoms with E-state index in [9.17, 15) is 15.3 Å². The molecule has 3 N–H and O–H groups in total. The van der Waals surface area contributed by atoms with Crippen molar-refractivity contribution in [1.82, 2.24) is 4.98 Å². The van der Waals surface area contributed by atoms with Crippen LogP contribution in [0.3, 0.4) is 0 Å². The largest absolute Gasteiger partial charge is 0.392 e. The van der Waals surface area contributed by atoms with Crippen LogP contribution >= 0.6 is 0 Å². The third-order valence-corrected chi connectivity index (χ3v) is 3.59. The fourth-order valence-electron chi connectivity index (χ4n) is 2.56. The van der Waals surface area contributed by atoms with Crippen LogP contribution in [0.15, 0.2) is 30.5 Å². The van der Waals surface area contributed by atoms with Crippen molar-refractivity contribution in [3.05, 3.63) is 36.0 Å². The minimum atomic E-state index is -0.738. The maximum Gasteiger partial charge on any atom is 0.136 e. The molecular formula is C14H16N2O3. The molecule has 3 rings (SSSR count). The summed E-state index contributed by atoms with van der Waals surface area (Å²) in [5, 5.41) is 30.5. The molecule has 2 atom stereocenters. The number of hydrogen-bond donors (Lipinski definition) is 3. The lowest BCUT2D eigenvalue weighted by Crippen LogP contribution is -2.22. The lowest BCUT2D eigenvalue weighted by molar-refractivity contribution is 0.0572. The normalized spacial score (nSPS) is 23.2. The van der Waals surface area contributed by atoms with Crippen LogP contribution in [0, 0.1) is 0 Å². The molecule has 0 saturated carbocycles. The number of β-amino-alcohol motifs (C(OH)–C–C–N with tert-alkyl or cyclic N) is 2. The quantitative estimate of drug-likeness (QED) is 0.722. The lowest BCUT2D eigenvalue weighted by atomic mass is 10.1. The summed E-state index contributed by atoms with van der Waals surface area (Å²) in [4.78, 5) is 6.25. The molecule has 5 heteroatoms. The minimum absolute atomic E-state index is 0.0565. The molecule has 2 aromatic rings. The fourth-order valence-corrected chi connectivity index (χ4v) is 2.56. The number of anilines is 1. The van der Waals surface area contributed by atoms with Gasteiger partial charge in [0, 0.05) is 30.2 Å². The predicted molar refractivity (Wildman–Crippen MR) is 71.9 cm³/mol. The molecule has 0 aliphatic carbocycles. The van der Waals surface area contributed by atoms with Crippen LogP contribution in [-0.4, -0.2) is 45.6 Å². The molecule has 100 valence electrons. The summed E-state index contributed by atoms with van der Waals surface area (Å²) in [6.07, 6.45) is 0.172. The highest BCUT2D eigenvalue weighted by Crippen LogP contribution is 2.29. The molecule has 1 aromatic heterocycles. The second kappa shape index (κ2) is 4.77. The van der Waals surface area contributed by atoms with Gasteiger partial charge in [-0.15, -0.1) is 0 Å². The van der Waals surface area contributed by atoms with Crippen molar-refractivity contribution < 1.29 is 15.3 Å². The Morgan fingerprint density at radius 2 is 1.74 bits per heavy atom. The van der Waals surface area contributed by atoms with Gasteiger partial charge in [0.2, 0.25) is 0 Å². The number of pyridine rings is 1. The number of fused-ring (bicyclic) bond motifs is 1. The molecule has 2 heterocycles. The van der Waals surface area contributed by atoms with Crippen LogP contribution in [0.5, 0.6) is 0 Å². The maximum absolute atomic E-state index is 9.64.